The van der Waals surface area contributed by atoms with Gasteiger partial charge in [0.05, 0.1) is 0 Å². The van der Waals surface area contributed by atoms with Gasteiger partial charge in [0.25, 0.3) is 0 Å². The zero-order valence-corrected chi connectivity index (χ0v) is 13.9. The van der Waals surface area contributed by atoms with Crippen LogP contribution in [0.4, 0.5) is 0 Å². The van der Waals surface area contributed by atoms with Gasteiger partial charge in [-0.25, -0.2) is 0 Å². The van der Waals surface area contributed by atoms with Gasteiger partial charge in [0, 0.05) is 11.9 Å². The molecule has 0 aromatic rings. The smallest absolute Gasteiger partial charge is 0.550 e. The van der Waals surface area contributed by atoms with Gasteiger partial charge in [-0.05, 0) is 18.8 Å². The van der Waals surface area contributed by atoms with Crippen LogP contribution in [0.15, 0.2) is 0 Å². The van der Waals surface area contributed by atoms with Crippen molar-refractivity contribution in [3.05, 3.63) is 0 Å². The van der Waals surface area contributed by atoms with Crippen molar-refractivity contribution in [3.63, 3.8) is 0 Å². The topological polar surface area (TPSA) is 80.3 Å². The average molecular weight is 222 g/mol. The van der Waals surface area contributed by atoms with Crippen molar-refractivity contribution >= 4 is 11.9 Å². The van der Waals surface area contributed by atoms with E-state index < -0.39 is 17.9 Å². The Labute approximate surface area is 156 Å². The Bertz CT molecular complexity index is 132. The van der Waals surface area contributed by atoms with E-state index in [1.165, 1.54) is 6.92 Å². The first kappa shape index (κ1) is 19.7. The molecule has 0 radical (unpaired) electrons. The van der Waals surface area contributed by atoms with Crippen molar-refractivity contribution < 1.29 is 123 Å². The second kappa shape index (κ2) is 11.3. The van der Waals surface area contributed by atoms with Gasteiger partial charge in [-0.3, -0.25) is 0 Å². The van der Waals surface area contributed by atoms with Crippen LogP contribution in [0.5, 0.6) is 0 Å². The molecule has 0 aliphatic carbocycles. The Balaban J connectivity index is -0.000000405. The Morgan fingerprint density at radius 2 is 1.33 bits per heavy atom. The van der Waals surface area contributed by atoms with Crippen molar-refractivity contribution in [1.82, 2.24) is 0 Å². The van der Waals surface area contributed by atoms with E-state index in [4.69, 9.17) is 0 Å². The average Bonchev–Trinajstić information content (AvgIpc) is 1.58. The van der Waals surface area contributed by atoms with Gasteiger partial charge < -0.3 is 19.8 Å². The minimum Gasteiger partial charge on any atom is -0.550 e. The summed E-state index contributed by atoms with van der Waals surface area (Å²) in [5.41, 5.74) is 0. The van der Waals surface area contributed by atoms with Crippen LogP contribution in [0.25, 0.3) is 0 Å². The predicted molar refractivity (Wildman–Crippen MR) is 28.4 cm³/mol. The number of carbonyl (C=O) groups is 2. The number of aliphatic carboxylic acids is 2. The van der Waals surface area contributed by atoms with Crippen LogP contribution in [0.1, 0.15) is 19.8 Å². The third kappa shape index (κ3) is 14.7. The van der Waals surface area contributed by atoms with E-state index in [9.17, 15) is 19.8 Å². The second-order valence-electron chi connectivity index (χ2n) is 2.26. The molecule has 0 bridgehead atoms. The standard InChI is InChI=1S/C6H10O4.2K/c1-4(2-5(7)8)3-6(9)10;;/h4H,2-3H2,1H3,(H,7,8)(H,9,10);;/q;2*+1/p-2. The summed E-state index contributed by atoms with van der Waals surface area (Å²) < 4.78 is 0. The minimum absolute atomic E-state index is 0. The fourth-order valence-electron chi connectivity index (χ4n) is 0.641. The summed E-state index contributed by atoms with van der Waals surface area (Å²) in [6, 6.07) is 0. The number of rotatable bonds is 4. The molecule has 0 saturated heterocycles. The molecule has 0 rings (SSSR count). The number of hydrogen-bond donors (Lipinski definition) is 0. The predicted octanol–water partition coefficient (Wildman–Crippen LogP) is -8.09. The Morgan fingerprint density at radius 3 is 1.50 bits per heavy atom. The first-order chi connectivity index (χ1) is 4.52. The summed E-state index contributed by atoms with van der Waals surface area (Å²) >= 11 is 0. The maximum absolute atomic E-state index is 9.87. The zero-order chi connectivity index (χ0) is 8.15. The first-order valence-electron chi connectivity index (χ1n) is 2.92. The fraction of sp³-hybridized carbons (Fsp3) is 0.667. The largest absolute Gasteiger partial charge is 1.00 e. The van der Waals surface area contributed by atoms with E-state index in [0.29, 0.717) is 0 Å². The molecule has 0 saturated carbocycles. The molecule has 0 spiro atoms. The minimum atomic E-state index is -1.23. The van der Waals surface area contributed by atoms with E-state index in [1.807, 2.05) is 0 Å². The molecule has 58 valence electrons. The monoisotopic (exact) mass is 222 g/mol. The summed E-state index contributed by atoms with van der Waals surface area (Å²) in [5.74, 6) is -2.86. The molecule has 0 atom stereocenters. The summed E-state index contributed by atoms with van der Waals surface area (Å²) in [6.07, 6.45) is -0.456. The van der Waals surface area contributed by atoms with Crippen molar-refractivity contribution in [2.45, 2.75) is 19.8 Å². The van der Waals surface area contributed by atoms with Gasteiger partial charge in [-0.2, -0.15) is 0 Å². The molecular weight excluding hydrogens is 214 g/mol. The van der Waals surface area contributed by atoms with Crippen LogP contribution in [0.2, 0.25) is 0 Å². The van der Waals surface area contributed by atoms with Crippen LogP contribution >= 0.6 is 0 Å². The molecule has 4 nitrogen and oxygen atoms in total. The van der Waals surface area contributed by atoms with Crippen molar-refractivity contribution in [2.24, 2.45) is 5.92 Å². The quantitative estimate of drug-likeness (QED) is 0.443. The van der Waals surface area contributed by atoms with Gasteiger partial charge in [0.1, 0.15) is 0 Å². The van der Waals surface area contributed by atoms with E-state index in [-0.39, 0.29) is 116 Å². The first-order valence-corrected chi connectivity index (χ1v) is 2.92. The normalized spacial score (nSPS) is 8.17. The molecule has 0 aromatic heterocycles. The van der Waals surface area contributed by atoms with Gasteiger partial charge >= 0.3 is 103 Å². The van der Waals surface area contributed by atoms with E-state index >= 15 is 0 Å². The van der Waals surface area contributed by atoms with Crippen molar-refractivity contribution in [1.29, 1.82) is 0 Å². The third-order valence-corrected chi connectivity index (χ3v) is 1.03. The summed E-state index contributed by atoms with van der Waals surface area (Å²) in [7, 11) is 0. The maximum atomic E-state index is 9.87. The van der Waals surface area contributed by atoms with Crippen molar-refractivity contribution in [2.75, 3.05) is 0 Å². The number of carbonyl (C=O) groups excluding carboxylic acids is 2. The number of carboxylic acids is 2. The zero-order valence-electron chi connectivity index (χ0n) is 7.62. The summed E-state index contributed by atoms with van der Waals surface area (Å²) in [6.45, 7) is 1.52. The van der Waals surface area contributed by atoms with Gasteiger partial charge in [-0.15, -0.1) is 0 Å². The van der Waals surface area contributed by atoms with Crippen LogP contribution in [0.3, 0.4) is 0 Å². The molecule has 0 aromatic carbocycles. The molecule has 12 heavy (non-hydrogen) atoms. The molecule has 0 heterocycles. The molecule has 0 aliphatic rings. The van der Waals surface area contributed by atoms with Gasteiger partial charge in [0.15, 0.2) is 0 Å². The molecule has 0 N–H and O–H groups in total. The molecule has 6 heteroatoms. The second-order valence-corrected chi connectivity index (χ2v) is 2.26. The summed E-state index contributed by atoms with van der Waals surface area (Å²) in [5, 5.41) is 19.7. The third-order valence-electron chi connectivity index (χ3n) is 1.03. The summed E-state index contributed by atoms with van der Waals surface area (Å²) in [4.78, 5) is 19.7. The van der Waals surface area contributed by atoms with Crippen molar-refractivity contribution in [3.8, 4) is 0 Å². The Hall–Kier alpha value is 2.21. The van der Waals surface area contributed by atoms with E-state index in [1.54, 1.807) is 0 Å². The molecule has 0 unspecified atom stereocenters. The Kier molecular flexibility index (Phi) is 18.6. The van der Waals surface area contributed by atoms with E-state index in [0.717, 1.165) is 0 Å². The number of hydrogen-bond acceptors (Lipinski definition) is 4. The molecule has 0 aliphatic heterocycles. The number of carboxylic acid groups (broad SMARTS) is 2. The SMILES string of the molecule is CC(CC(=O)[O-])CC(=O)[O-].[K+].[K+]. The van der Waals surface area contributed by atoms with E-state index in [2.05, 4.69) is 0 Å². The van der Waals surface area contributed by atoms with Crippen LogP contribution in [-0.4, -0.2) is 11.9 Å². The van der Waals surface area contributed by atoms with Crippen LogP contribution in [-0.2, 0) is 9.59 Å². The molecule has 0 fully saturated rings. The van der Waals surface area contributed by atoms with Crippen LogP contribution in [0, 0.1) is 5.92 Å². The maximum Gasteiger partial charge on any atom is 1.00 e. The molecule has 0 amide bonds. The van der Waals surface area contributed by atoms with Gasteiger partial charge in [0.2, 0.25) is 0 Å². The fourth-order valence-corrected chi connectivity index (χ4v) is 0.641. The Morgan fingerprint density at radius 1 is 1.08 bits per heavy atom. The van der Waals surface area contributed by atoms with Crippen LogP contribution < -0.4 is 113 Å². The molecular formula is C6H8K2O4. The van der Waals surface area contributed by atoms with Gasteiger partial charge in [-0.1, -0.05) is 6.92 Å².